The normalized spacial score (nSPS) is 15.8. The SMILES string of the molecule is CN=C(NCc1ccc(C)c(F)c1)NCC(c1ccc(OC)c(OC)c1)N1CCOCC1. The third-order valence-electron chi connectivity index (χ3n) is 5.66. The number of hydrogen-bond donors (Lipinski definition) is 2. The van der Waals surface area contributed by atoms with Crippen LogP contribution in [0, 0.1) is 12.7 Å². The van der Waals surface area contributed by atoms with Crippen molar-refractivity contribution in [1.29, 1.82) is 0 Å². The molecule has 1 heterocycles. The third-order valence-corrected chi connectivity index (χ3v) is 5.66. The Bertz CT molecular complexity index is 916. The second-order valence-corrected chi connectivity index (χ2v) is 7.67. The van der Waals surface area contributed by atoms with Gasteiger partial charge in [-0.05, 0) is 41.8 Å². The van der Waals surface area contributed by atoms with E-state index < -0.39 is 0 Å². The molecule has 2 aromatic carbocycles. The van der Waals surface area contributed by atoms with Crippen LogP contribution in [-0.2, 0) is 11.3 Å². The number of guanidine groups is 1. The van der Waals surface area contributed by atoms with Crippen molar-refractivity contribution < 1.29 is 18.6 Å². The van der Waals surface area contributed by atoms with Crippen molar-refractivity contribution in [2.45, 2.75) is 19.5 Å². The van der Waals surface area contributed by atoms with Gasteiger partial charge < -0.3 is 24.8 Å². The quantitative estimate of drug-likeness (QED) is 0.482. The molecule has 174 valence electrons. The summed E-state index contributed by atoms with van der Waals surface area (Å²) < 4.78 is 30.3. The number of aliphatic imine (C=N–C) groups is 1. The van der Waals surface area contributed by atoms with Crippen LogP contribution in [0.15, 0.2) is 41.4 Å². The van der Waals surface area contributed by atoms with Gasteiger partial charge in [0.05, 0.1) is 33.5 Å². The summed E-state index contributed by atoms with van der Waals surface area (Å²) in [5.74, 6) is 1.86. The molecule has 0 saturated carbocycles. The second-order valence-electron chi connectivity index (χ2n) is 7.67. The maximum Gasteiger partial charge on any atom is 0.191 e. The third kappa shape index (κ3) is 6.11. The number of nitrogens with zero attached hydrogens (tertiary/aromatic N) is 2. The molecule has 1 unspecified atom stereocenters. The number of ether oxygens (including phenoxy) is 3. The summed E-state index contributed by atoms with van der Waals surface area (Å²) in [6.45, 7) is 5.97. The van der Waals surface area contributed by atoms with Gasteiger partial charge in [-0.25, -0.2) is 4.39 Å². The highest BCUT2D eigenvalue weighted by Crippen LogP contribution is 2.32. The first-order chi connectivity index (χ1) is 15.5. The van der Waals surface area contributed by atoms with Gasteiger partial charge in [0.2, 0.25) is 0 Å². The molecule has 0 radical (unpaired) electrons. The van der Waals surface area contributed by atoms with E-state index in [-0.39, 0.29) is 11.9 Å². The van der Waals surface area contributed by atoms with Crippen molar-refractivity contribution in [3.8, 4) is 11.5 Å². The minimum Gasteiger partial charge on any atom is -0.493 e. The van der Waals surface area contributed by atoms with Gasteiger partial charge in [-0.3, -0.25) is 9.89 Å². The molecule has 32 heavy (non-hydrogen) atoms. The summed E-state index contributed by atoms with van der Waals surface area (Å²) in [5, 5.41) is 6.69. The van der Waals surface area contributed by atoms with Crippen LogP contribution in [-0.4, -0.2) is 65.0 Å². The lowest BCUT2D eigenvalue weighted by atomic mass is 10.0. The Hall–Kier alpha value is -2.84. The number of aryl methyl sites for hydroxylation is 1. The van der Waals surface area contributed by atoms with Gasteiger partial charge >= 0.3 is 0 Å². The molecule has 0 bridgehead atoms. The van der Waals surface area contributed by atoms with Crippen molar-refractivity contribution in [1.82, 2.24) is 15.5 Å². The Balaban J connectivity index is 1.70. The number of methoxy groups -OCH3 is 2. The predicted octanol–water partition coefficient (Wildman–Crippen LogP) is 2.89. The number of benzene rings is 2. The standard InChI is InChI=1S/C24H33FN4O3/c1-17-5-6-18(13-20(17)25)15-27-24(26-2)28-16-21(29-9-11-32-12-10-29)19-7-8-22(30-3)23(14-19)31-4/h5-8,13-14,21H,9-12,15-16H2,1-4H3,(H2,26,27,28). The summed E-state index contributed by atoms with van der Waals surface area (Å²) in [6.07, 6.45) is 0. The van der Waals surface area contributed by atoms with Crippen LogP contribution in [0.2, 0.25) is 0 Å². The number of nitrogens with one attached hydrogen (secondary N) is 2. The molecule has 2 N–H and O–H groups in total. The molecule has 1 aliphatic heterocycles. The van der Waals surface area contributed by atoms with Crippen molar-refractivity contribution in [2.75, 3.05) is 54.1 Å². The van der Waals surface area contributed by atoms with Crippen LogP contribution in [0.4, 0.5) is 4.39 Å². The minimum absolute atomic E-state index is 0.0917. The first-order valence-corrected chi connectivity index (χ1v) is 10.8. The molecule has 0 aliphatic carbocycles. The predicted molar refractivity (Wildman–Crippen MR) is 124 cm³/mol. The maximum atomic E-state index is 13.8. The average molecular weight is 445 g/mol. The highest BCUT2D eigenvalue weighted by Gasteiger charge is 2.24. The summed E-state index contributed by atoms with van der Waals surface area (Å²) in [4.78, 5) is 6.72. The largest absolute Gasteiger partial charge is 0.493 e. The number of halogens is 1. The van der Waals surface area contributed by atoms with Crippen LogP contribution < -0.4 is 20.1 Å². The first kappa shape index (κ1) is 23.8. The first-order valence-electron chi connectivity index (χ1n) is 10.8. The van der Waals surface area contributed by atoms with E-state index in [1.165, 1.54) is 0 Å². The summed E-state index contributed by atoms with van der Waals surface area (Å²) in [7, 11) is 5.00. The van der Waals surface area contributed by atoms with E-state index in [2.05, 4.69) is 26.6 Å². The zero-order valence-corrected chi connectivity index (χ0v) is 19.3. The van der Waals surface area contributed by atoms with Gasteiger partial charge in [-0.1, -0.05) is 18.2 Å². The van der Waals surface area contributed by atoms with Crippen LogP contribution in [0.25, 0.3) is 0 Å². The van der Waals surface area contributed by atoms with E-state index in [0.717, 1.165) is 24.2 Å². The number of morpholine rings is 1. The Morgan fingerprint density at radius 1 is 1.09 bits per heavy atom. The highest BCUT2D eigenvalue weighted by molar-refractivity contribution is 5.79. The van der Waals surface area contributed by atoms with Gasteiger partial charge in [-0.2, -0.15) is 0 Å². The Morgan fingerprint density at radius 2 is 1.84 bits per heavy atom. The van der Waals surface area contributed by atoms with Gasteiger partial charge in [0.1, 0.15) is 5.82 Å². The Kier molecular flexibility index (Phi) is 8.70. The fourth-order valence-corrected chi connectivity index (χ4v) is 3.75. The molecule has 7 nitrogen and oxygen atoms in total. The molecule has 0 aromatic heterocycles. The average Bonchev–Trinajstić information content (AvgIpc) is 2.83. The van der Waals surface area contributed by atoms with Gasteiger partial charge in [-0.15, -0.1) is 0 Å². The molecule has 1 fully saturated rings. The lowest BCUT2D eigenvalue weighted by Crippen LogP contribution is -2.46. The molecule has 0 spiro atoms. The topological polar surface area (TPSA) is 67.4 Å². The smallest absolute Gasteiger partial charge is 0.191 e. The number of rotatable bonds is 8. The summed E-state index contributed by atoms with van der Waals surface area (Å²) >= 11 is 0. The molecule has 1 aliphatic rings. The lowest BCUT2D eigenvalue weighted by Gasteiger charge is -2.35. The fraction of sp³-hybridized carbons (Fsp3) is 0.458. The van der Waals surface area contributed by atoms with Gasteiger partial charge in [0.15, 0.2) is 17.5 Å². The lowest BCUT2D eigenvalue weighted by molar-refractivity contribution is 0.0169. The molecular weight excluding hydrogens is 411 g/mol. The van der Waals surface area contributed by atoms with Crippen LogP contribution in [0.3, 0.4) is 0 Å². The Labute approximate surface area is 189 Å². The van der Waals surface area contributed by atoms with Crippen LogP contribution in [0.1, 0.15) is 22.7 Å². The van der Waals surface area contributed by atoms with E-state index in [1.807, 2.05) is 18.2 Å². The van der Waals surface area contributed by atoms with Crippen molar-refractivity contribution >= 4 is 5.96 Å². The highest BCUT2D eigenvalue weighted by atomic mass is 19.1. The van der Waals surface area contributed by atoms with Gasteiger partial charge in [0.25, 0.3) is 0 Å². The molecule has 0 amide bonds. The number of hydrogen-bond acceptors (Lipinski definition) is 5. The molecular formula is C24H33FN4O3. The van der Waals surface area contributed by atoms with E-state index in [0.29, 0.717) is 49.3 Å². The second kappa shape index (κ2) is 11.7. The molecule has 8 heteroatoms. The molecule has 2 aromatic rings. The zero-order valence-electron chi connectivity index (χ0n) is 19.3. The van der Waals surface area contributed by atoms with Crippen LogP contribution >= 0.6 is 0 Å². The Morgan fingerprint density at radius 3 is 2.50 bits per heavy atom. The van der Waals surface area contributed by atoms with E-state index >= 15 is 0 Å². The van der Waals surface area contributed by atoms with Crippen molar-refractivity contribution in [3.05, 3.63) is 58.9 Å². The molecule has 1 saturated heterocycles. The minimum atomic E-state index is -0.201. The molecule has 3 rings (SSSR count). The van der Waals surface area contributed by atoms with Crippen LogP contribution in [0.5, 0.6) is 11.5 Å². The monoisotopic (exact) mass is 444 g/mol. The van der Waals surface area contributed by atoms with Gasteiger partial charge in [0, 0.05) is 33.2 Å². The maximum absolute atomic E-state index is 13.8. The molecule has 1 atom stereocenters. The summed E-state index contributed by atoms with van der Waals surface area (Å²) in [5.41, 5.74) is 2.62. The van der Waals surface area contributed by atoms with E-state index in [4.69, 9.17) is 14.2 Å². The van der Waals surface area contributed by atoms with E-state index in [1.54, 1.807) is 40.3 Å². The van der Waals surface area contributed by atoms with Crippen molar-refractivity contribution in [3.63, 3.8) is 0 Å². The zero-order chi connectivity index (χ0) is 22.9. The van der Waals surface area contributed by atoms with E-state index in [9.17, 15) is 4.39 Å². The fourth-order valence-electron chi connectivity index (χ4n) is 3.75. The van der Waals surface area contributed by atoms with Crippen molar-refractivity contribution in [2.24, 2.45) is 4.99 Å². The summed E-state index contributed by atoms with van der Waals surface area (Å²) in [6, 6.07) is 11.4.